The molecule has 0 spiro atoms. The first kappa shape index (κ1) is 11.3. The SMILES string of the molecule is C=C(C)[C@@H](CC(=O)O)c1ccc(O)cc1. The molecule has 1 aromatic rings. The predicted octanol–water partition coefficient (Wildman–Crippen LogP) is 2.53. The van der Waals surface area contributed by atoms with E-state index >= 15 is 0 Å². The predicted molar refractivity (Wildman–Crippen MR) is 57.9 cm³/mol. The van der Waals surface area contributed by atoms with Crippen molar-refractivity contribution in [2.24, 2.45) is 0 Å². The molecule has 0 radical (unpaired) electrons. The van der Waals surface area contributed by atoms with Crippen molar-refractivity contribution in [3.05, 3.63) is 42.0 Å². The fraction of sp³-hybridized carbons (Fsp3) is 0.250. The average Bonchev–Trinajstić information content (AvgIpc) is 2.15. The smallest absolute Gasteiger partial charge is 0.304 e. The van der Waals surface area contributed by atoms with Gasteiger partial charge in [0.15, 0.2) is 0 Å². The van der Waals surface area contributed by atoms with Crippen molar-refractivity contribution < 1.29 is 15.0 Å². The molecule has 0 aliphatic heterocycles. The molecular weight excluding hydrogens is 192 g/mol. The number of aliphatic carboxylic acids is 1. The number of benzene rings is 1. The van der Waals surface area contributed by atoms with Crippen molar-refractivity contribution in [2.45, 2.75) is 19.3 Å². The summed E-state index contributed by atoms with van der Waals surface area (Å²) in [5.74, 6) is -0.867. The fourth-order valence-corrected chi connectivity index (χ4v) is 1.46. The Balaban J connectivity index is 2.94. The van der Waals surface area contributed by atoms with Crippen LogP contribution in [0, 0.1) is 0 Å². The Morgan fingerprint density at radius 3 is 2.33 bits per heavy atom. The summed E-state index contributed by atoms with van der Waals surface area (Å²) >= 11 is 0. The topological polar surface area (TPSA) is 57.5 Å². The third kappa shape index (κ3) is 3.13. The number of allylic oxidation sites excluding steroid dienone is 1. The highest BCUT2D eigenvalue weighted by Gasteiger charge is 2.15. The molecule has 1 atom stereocenters. The minimum absolute atomic E-state index is 0.0279. The van der Waals surface area contributed by atoms with E-state index in [1.165, 1.54) is 0 Å². The van der Waals surface area contributed by atoms with Gasteiger partial charge in [-0.15, -0.1) is 0 Å². The first-order chi connectivity index (χ1) is 7.00. The maximum Gasteiger partial charge on any atom is 0.304 e. The summed E-state index contributed by atoms with van der Waals surface area (Å²) in [7, 11) is 0. The van der Waals surface area contributed by atoms with Gasteiger partial charge in [-0.1, -0.05) is 24.3 Å². The van der Waals surface area contributed by atoms with Crippen LogP contribution in [0.3, 0.4) is 0 Å². The van der Waals surface area contributed by atoms with Crippen molar-refractivity contribution in [3.63, 3.8) is 0 Å². The van der Waals surface area contributed by atoms with Crippen LogP contribution in [-0.2, 0) is 4.79 Å². The van der Waals surface area contributed by atoms with Crippen molar-refractivity contribution in [2.75, 3.05) is 0 Å². The molecule has 80 valence electrons. The first-order valence-corrected chi connectivity index (χ1v) is 4.67. The molecule has 0 amide bonds. The second-order valence-corrected chi connectivity index (χ2v) is 3.59. The molecule has 0 aromatic heterocycles. The van der Waals surface area contributed by atoms with E-state index in [1.54, 1.807) is 31.2 Å². The molecule has 2 N–H and O–H groups in total. The summed E-state index contributed by atoms with van der Waals surface area (Å²) in [5, 5.41) is 17.9. The fourth-order valence-electron chi connectivity index (χ4n) is 1.46. The number of hydrogen-bond donors (Lipinski definition) is 2. The van der Waals surface area contributed by atoms with Crippen LogP contribution in [0.25, 0.3) is 0 Å². The number of carboxylic acids is 1. The molecule has 1 rings (SSSR count). The van der Waals surface area contributed by atoms with Crippen LogP contribution in [0.15, 0.2) is 36.4 Å². The number of carboxylic acid groups (broad SMARTS) is 1. The van der Waals surface area contributed by atoms with E-state index in [2.05, 4.69) is 6.58 Å². The third-order valence-corrected chi connectivity index (χ3v) is 2.27. The Morgan fingerprint density at radius 2 is 1.93 bits per heavy atom. The number of hydrogen-bond acceptors (Lipinski definition) is 2. The summed E-state index contributed by atoms with van der Waals surface area (Å²) in [6, 6.07) is 6.54. The van der Waals surface area contributed by atoms with Crippen molar-refractivity contribution in [1.82, 2.24) is 0 Å². The molecule has 0 saturated carbocycles. The summed E-state index contributed by atoms with van der Waals surface area (Å²) in [4.78, 5) is 10.7. The maximum atomic E-state index is 10.7. The van der Waals surface area contributed by atoms with Crippen LogP contribution in [-0.4, -0.2) is 16.2 Å². The molecule has 0 bridgehead atoms. The van der Waals surface area contributed by atoms with Gasteiger partial charge >= 0.3 is 5.97 Å². The maximum absolute atomic E-state index is 10.7. The Bertz CT molecular complexity index is 365. The molecule has 0 aliphatic rings. The average molecular weight is 206 g/mol. The van der Waals surface area contributed by atoms with Crippen LogP contribution >= 0.6 is 0 Å². The van der Waals surface area contributed by atoms with Gasteiger partial charge in [0.05, 0.1) is 6.42 Å². The largest absolute Gasteiger partial charge is 0.508 e. The van der Waals surface area contributed by atoms with Gasteiger partial charge in [-0.2, -0.15) is 0 Å². The summed E-state index contributed by atoms with van der Waals surface area (Å²) in [5.41, 5.74) is 1.67. The second-order valence-electron chi connectivity index (χ2n) is 3.59. The molecule has 3 nitrogen and oxygen atoms in total. The van der Waals surface area contributed by atoms with E-state index in [0.29, 0.717) is 0 Å². The van der Waals surface area contributed by atoms with E-state index < -0.39 is 5.97 Å². The highest BCUT2D eigenvalue weighted by molar-refractivity contribution is 5.68. The zero-order valence-corrected chi connectivity index (χ0v) is 8.60. The Morgan fingerprint density at radius 1 is 1.40 bits per heavy atom. The first-order valence-electron chi connectivity index (χ1n) is 4.67. The Labute approximate surface area is 88.7 Å². The number of phenols is 1. The lowest BCUT2D eigenvalue weighted by atomic mass is 9.90. The molecule has 0 saturated heterocycles. The third-order valence-electron chi connectivity index (χ3n) is 2.27. The number of aromatic hydroxyl groups is 1. The highest BCUT2D eigenvalue weighted by atomic mass is 16.4. The van der Waals surface area contributed by atoms with E-state index in [4.69, 9.17) is 10.2 Å². The number of carbonyl (C=O) groups is 1. The van der Waals surface area contributed by atoms with Crippen LogP contribution in [0.1, 0.15) is 24.8 Å². The van der Waals surface area contributed by atoms with Gasteiger partial charge in [-0.25, -0.2) is 0 Å². The van der Waals surface area contributed by atoms with Crippen LogP contribution in [0.5, 0.6) is 5.75 Å². The molecule has 0 heterocycles. The van der Waals surface area contributed by atoms with Crippen molar-refractivity contribution in [3.8, 4) is 5.75 Å². The lowest BCUT2D eigenvalue weighted by molar-refractivity contribution is -0.137. The summed E-state index contributed by atoms with van der Waals surface area (Å²) < 4.78 is 0. The van der Waals surface area contributed by atoms with E-state index in [-0.39, 0.29) is 18.1 Å². The highest BCUT2D eigenvalue weighted by Crippen LogP contribution is 2.27. The Kier molecular flexibility index (Phi) is 3.50. The molecule has 3 heteroatoms. The van der Waals surface area contributed by atoms with E-state index in [0.717, 1.165) is 11.1 Å². The van der Waals surface area contributed by atoms with Crippen molar-refractivity contribution >= 4 is 5.97 Å². The molecule has 1 aromatic carbocycles. The minimum atomic E-state index is -0.851. The molecular formula is C12H14O3. The number of rotatable bonds is 4. The van der Waals surface area contributed by atoms with Gasteiger partial charge in [-0.3, -0.25) is 4.79 Å². The lowest BCUT2D eigenvalue weighted by Gasteiger charge is -2.15. The Hall–Kier alpha value is -1.77. The zero-order chi connectivity index (χ0) is 11.4. The molecule has 0 fully saturated rings. The van der Waals surface area contributed by atoms with Gasteiger partial charge in [0.2, 0.25) is 0 Å². The van der Waals surface area contributed by atoms with Crippen LogP contribution in [0.4, 0.5) is 0 Å². The van der Waals surface area contributed by atoms with Gasteiger partial charge in [0.25, 0.3) is 0 Å². The van der Waals surface area contributed by atoms with E-state index in [1.807, 2.05) is 0 Å². The minimum Gasteiger partial charge on any atom is -0.508 e. The van der Waals surface area contributed by atoms with Gasteiger partial charge in [0.1, 0.15) is 5.75 Å². The van der Waals surface area contributed by atoms with Gasteiger partial charge < -0.3 is 10.2 Å². The van der Waals surface area contributed by atoms with E-state index in [9.17, 15) is 4.79 Å². The normalized spacial score (nSPS) is 12.1. The standard InChI is InChI=1S/C12H14O3/c1-8(2)11(7-12(14)15)9-3-5-10(13)6-4-9/h3-6,11,13H,1,7H2,2H3,(H,14,15)/t11-/m1/s1. The molecule has 15 heavy (non-hydrogen) atoms. The van der Waals surface area contributed by atoms with Gasteiger partial charge in [-0.05, 0) is 24.6 Å². The lowest BCUT2D eigenvalue weighted by Crippen LogP contribution is -2.06. The molecule has 0 unspecified atom stereocenters. The molecule has 0 aliphatic carbocycles. The zero-order valence-electron chi connectivity index (χ0n) is 8.60. The number of phenolic OH excluding ortho intramolecular Hbond substituents is 1. The van der Waals surface area contributed by atoms with Crippen molar-refractivity contribution in [1.29, 1.82) is 0 Å². The van der Waals surface area contributed by atoms with Gasteiger partial charge in [0, 0.05) is 5.92 Å². The van der Waals surface area contributed by atoms with Crippen LogP contribution < -0.4 is 0 Å². The summed E-state index contributed by atoms with van der Waals surface area (Å²) in [6.07, 6.45) is 0.0279. The monoisotopic (exact) mass is 206 g/mol. The second kappa shape index (κ2) is 4.64. The quantitative estimate of drug-likeness (QED) is 0.744. The summed E-state index contributed by atoms with van der Waals surface area (Å²) in [6.45, 7) is 5.59. The van der Waals surface area contributed by atoms with Crippen LogP contribution in [0.2, 0.25) is 0 Å².